The van der Waals surface area contributed by atoms with Gasteiger partial charge in [-0.15, -0.1) is 0 Å². The van der Waals surface area contributed by atoms with Crippen LogP contribution in [0.1, 0.15) is 17.1 Å². The molecule has 0 amide bonds. The first-order valence-electron chi connectivity index (χ1n) is 7.10. The van der Waals surface area contributed by atoms with Crippen LogP contribution >= 0.6 is 11.5 Å². The lowest BCUT2D eigenvalue weighted by atomic mass is 10.3. The van der Waals surface area contributed by atoms with Gasteiger partial charge in [0.2, 0.25) is 10.9 Å². The Hall–Kier alpha value is -3.72. The molecule has 2 heterocycles. The molecule has 0 aliphatic rings. The second-order valence-electron chi connectivity index (χ2n) is 4.94. The molecule has 130 valence electrons. The van der Waals surface area contributed by atoms with Gasteiger partial charge in [0.25, 0.3) is 0 Å². The molecule has 11 nitrogen and oxygen atoms in total. The molecule has 3 aromatic rings. The first-order valence-corrected chi connectivity index (χ1v) is 7.88. The summed E-state index contributed by atoms with van der Waals surface area (Å²) < 4.78 is 8.82. The molecular formula is C14H10N8O3S. The van der Waals surface area contributed by atoms with E-state index in [4.69, 9.17) is 9.78 Å². The van der Waals surface area contributed by atoms with E-state index >= 15 is 0 Å². The second kappa shape index (κ2) is 7.03. The minimum atomic E-state index is -0.700. The zero-order chi connectivity index (χ0) is 18.7. The smallest absolute Gasteiger partial charge is 0.314 e. The quantitative estimate of drug-likeness (QED) is 0.575. The Balaban J connectivity index is 1.98. The van der Waals surface area contributed by atoms with E-state index in [1.54, 1.807) is 13.8 Å². The van der Waals surface area contributed by atoms with E-state index in [0.29, 0.717) is 22.1 Å². The molecule has 12 heteroatoms. The van der Waals surface area contributed by atoms with Crippen molar-refractivity contribution in [1.29, 1.82) is 5.26 Å². The average molecular weight is 370 g/mol. The lowest BCUT2D eigenvalue weighted by Gasteiger charge is -1.95. The fourth-order valence-corrected chi connectivity index (χ4v) is 2.56. The first-order chi connectivity index (χ1) is 12.5. The summed E-state index contributed by atoms with van der Waals surface area (Å²) in [6.07, 6.45) is 0. The van der Waals surface area contributed by atoms with Gasteiger partial charge in [-0.05, 0) is 37.5 Å². The van der Waals surface area contributed by atoms with Crippen LogP contribution in [-0.4, -0.2) is 14.5 Å². The molecule has 26 heavy (non-hydrogen) atoms. The van der Waals surface area contributed by atoms with Crippen molar-refractivity contribution in [3.8, 4) is 6.07 Å². The molecule has 0 fully saturated rings. The SMILES string of the molecule is Cc1noc(N/N=c2\c(=O)cc/c(=N\Nc3snc(C)c3C#N)c2=O)n1. The van der Waals surface area contributed by atoms with Crippen molar-refractivity contribution in [2.24, 2.45) is 10.2 Å². The molecule has 0 unspecified atom stereocenters. The summed E-state index contributed by atoms with van der Waals surface area (Å²) in [5, 5.41) is 20.3. The zero-order valence-electron chi connectivity index (χ0n) is 13.5. The summed E-state index contributed by atoms with van der Waals surface area (Å²) in [6, 6.07) is 4.36. The van der Waals surface area contributed by atoms with Crippen LogP contribution in [0.2, 0.25) is 0 Å². The molecule has 0 saturated heterocycles. The summed E-state index contributed by atoms with van der Waals surface area (Å²) in [7, 11) is 0. The zero-order valence-corrected chi connectivity index (χ0v) is 14.3. The molecule has 0 saturated carbocycles. The topological polar surface area (TPSA) is 159 Å². The summed E-state index contributed by atoms with van der Waals surface area (Å²) in [5.41, 5.74) is 4.58. The van der Waals surface area contributed by atoms with E-state index in [0.717, 1.165) is 17.6 Å². The molecule has 0 aliphatic heterocycles. The van der Waals surface area contributed by atoms with Crippen LogP contribution in [0.15, 0.2) is 36.4 Å². The average Bonchev–Trinajstić information content (AvgIpc) is 3.19. The maximum Gasteiger partial charge on any atom is 0.341 e. The van der Waals surface area contributed by atoms with Gasteiger partial charge in [0.1, 0.15) is 22.0 Å². The van der Waals surface area contributed by atoms with Gasteiger partial charge in [0.05, 0.1) is 5.69 Å². The van der Waals surface area contributed by atoms with Gasteiger partial charge >= 0.3 is 6.01 Å². The Morgan fingerprint density at radius 1 is 1.23 bits per heavy atom. The van der Waals surface area contributed by atoms with Crippen molar-refractivity contribution < 1.29 is 4.52 Å². The maximum absolute atomic E-state index is 12.4. The lowest BCUT2D eigenvalue weighted by molar-refractivity contribution is 0.425. The fraction of sp³-hybridized carbons (Fsp3) is 0.143. The highest BCUT2D eigenvalue weighted by atomic mass is 32.1. The number of nitrogens with zero attached hydrogens (tertiary/aromatic N) is 6. The number of rotatable bonds is 4. The minimum Gasteiger partial charge on any atom is -0.314 e. The van der Waals surface area contributed by atoms with Crippen LogP contribution in [0.4, 0.5) is 11.0 Å². The number of nitrogens with one attached hydrogen (secondary N) is 2. The second-order valence-corrected chi connectivity index (χ2v) is 5.71. The maximum atomic E-state index is 12.4. The van der Waals surface area contributed by atoms with Gasteiger partial charge in [-0.3, -0.25) is 15.0 Å². The number of anilines is 2. The summed E-state index contributed by atoms with van der Waals surface area (Å²) in [6.45, 7) is 3.29. The largest absolute Gasteiger partial charge is 0.341 e. The minimum absolute atomic E-state index is 0.0539. The molecule has 0 radical (unpaired) electrons. The van der Waals surface area contributed by atoms with Gasteiger partial charge in [-0.2, -0.15) is 24.8 Å². The van der Waals surface area contributed by atoms with Crippen molar-refractivity contribution in [3.05, 3.63) is 60.4 Å². The highest BCUT2D eigenvalue weighted by molar-refractivity contribution is 7.10. The normalized spacial score (nSPS) is 12.2. The summed E-state index contributed by atoms with van der Waals surface area (Å²) >= 11 is 1.04. The molecular weight excluding hydrogens is 360 g/mol. The molecule has 0 bridgehead atoms. The standard InChI is InChI=1S/C14H10N8O3S/c1-6-8(5-15)13(26-22-6)19-17-9-3-4-10(23)11(12(9)24)18-20-14-16-7(2)21-25-14/h3-4,19H,1-2H3,(H,16,20,21)/b17-9+,18-11+. The predicted molar refractivity (Wildman–Crippen MR) is 90.3 cm³/mol. The third-order valence-electron chi connectivity index (χ3n) is 3.12. The fourth-order valence-electron chi connectivity index (χ4n) is 1.87. The molecule has 2 N–H and O–H groups in total. The van der Waals surface area contributed by atoms with Crippen molar-refractivity contribution >= 4 is 22.5 Å². The molecule has 0 aliphatic carbocycles. The van der Waals surface area contributed by atoms with E-state index in [2.05, 4.69) is 35.6 Å². The van der Waals surface area contributed by atoms with Crippen molar-refractivity contribution in [1.82, 2.24) is 14.5 Å². The highest BCUT2D eigenvalue weighted by Gasteiger charge is 2.09. The van der Waals surface area contributed by atoms with Crippen LogP contribution in [-0.2, 0) is 0 Å². The predicted octanol–water partition coefficient (Wildman–Crippen LogP) is -0.534. The van der Waals surface area contributed by atoms with Crippen molar-refractivity contribution in [2.45, 2.75) is 13.8 Å². The molecule has 0 atom stereocenters. The molecule has 0 spiro atoms. The van der Waals surface area contributed by atoms with E-state index in [-0.39, 0.29) is 16.7 Å². The highest BCUT2D eigenvalue weighted by Crippen LogP contribution is 2.22. The number of hydrogen-bond donors (Lipinski definition) is 2. The van der Waals surface area contributed by atoms with Crippen LogP contribution in [0.5, 0.6) is 0 Å². The third-order valence-corrected chi connectivity index (χ3v) is 3.96. The number of aryl methyl sites for hydroxylation is 2. The summed E-state index contributed by atoms with van der Waals surface area (Å²) in [5.74, 6) is 0.369. The number of hydrogen-bond acceptors (Lipinski definition) is 12. The third kappa shape index (κ3) is 3.37. The van der Waals surface area contributed by atoms with Gasteiger partial charge < -0.3 is 4.52 Å². The first kappa shape index (κ1) is 17.1. The van der Waals surface area contributed by atoms with E-state index < -0.39 is 10.9 Å². The summed E-state index contributed by atoms with van der Waals surface area (Å²) in [4.78, 5) is 28.1. The van der Waals surface area contributed by atoms with Gasteiger partial charge in [-0.25, -0.2) is 5.43 Å². The molecule has 3 rings (SSSR count). The van der Waals surface area contributed by atoms with Crippen LogP contribution in [0.25, 0.3) is 0 Å². The van der Waals surface area contributed by atoms with Gasteiger partial charge in [0, 0.05) is 0 Å². The lowest BCUT2D eigenvalue weighted by Crippen LogP contribution is -2.47. The van der Waals surface area contributed by atoms with Crippen LogP contribution in [0, 0.1) is 25.2 Å². The van der Waals surface area contributed by atoms with Crippen molar-refractivity contribution in [2.75, 3.05) is 10.9 Å². The Morgan fingerprint density at radius 2 is 2.04 bits per heavy atom. The Bertz CT molecular complexity index is 1230. The number of benzene rings is 1. The Morgan fingerprint density at radius 3 is 2.73 bits per heavy atom. The van der Waals surface area contributed by atoms with E-state index in [1.807, 2.05) is 6.07 Å². The van der Waals surface area contributed by atoms with Crippen molar-refractivity contribution in [3.63, 3.8) is 0 Å². The number of nitriles is 1. The van der Waals surface area contributed by atoms with E-state index in [9.17, 15) is 9.59 Å². The molecule has 1 aromatic carbocycles. The molecule has 2 aromatic heterocycles. The van der Waals surface area contributed by atoms with Gasteiger partial charge in [0.15, 0.2) is 11.2 Å². The van der Waals surface area contributed by atoms with Gasteiger partial charge in [-0.1, -0.05) is 5.16 Å². The van der Waals surface area contributed by atoms with Crippen LogP contribution in [0.3, 0.4) is 0 Å². The van der Waals surface area contributed by atoms with Crippen LogP contribution < -0.4 is 32.4 Å². The number of aromatic nitrogens is 3. The van der Waals surface area contributed by atoms with E-state index in [1.165, 1.54) is 6.07 Å². The Labute approximate surface area is 148 Å². The monoisotopic (exact) mass is 370 g/mol. The Kier molecular flexibility index (Phi) is 4.63.